The summed E-state index contributed by atoms with van der Waals surface area (Å²) in [6.45, 7) is 11.4. The molecule has 2 aromatic carbocycles. The van der Waals surface area contributed by atoms with Crippen molar-refractivity contribution in [3.8, 4) is 11.1 Å². The van der Waals surface area contributed by atoms with Crippen molar-refractivity contribution >= 4 is 21.9 Å². The molecule has 0 saturated carbocycles. The number of ether oxygens (including phenoxy) is 1. The van der Waals surface area contributed by atoms with Crippen LogP contribution in [0.2, 0.25) is 0 Å². The Balaban J connectivity index is 2.41. The van der Waals surface area contributed by atoms with E-state index in [0.717, 1.165) is 27.8 Å². The minimum atomic E-state index is -3.74. The smallest absolute Gasteiger partial charge is 0.337 e. The predicted octanol–water partition coefficient (Wildman–Crippen LogP) is 4.36. The van der Waals surface area contributed by atoms with Gasteiger partial charge in [0.1, 0.15) is 0 Å². The number of hydrogen-bond acceptors (Lipinski definition) is 4. The van der Waals surface area contributed by atoms with Crippen molar-refractivity contribution < 1.29 is 23.1 Å². The molecule has 0 bridgehead atoms. The van der Waals surface area contributed by atoms with E-state index in [1.165, 1.54) is 11.4 Å². The first-order chi connectivity index (χ1) is 14.7. The molecule has 174 valence electrons. The largest absolute Gasteiger partial charge is 0.479 e. The Labute approximate surface area is 190 Å². The van der Waals surface area contributed by atoms with Gasteiger partial charge in [-0.25, -0.2) is 4.79 Å². The van der Waals surface area contributed by atoms with E-state index in [0.29, 0.717) is 29.8 Å². The van der Waals surface area contributed by atoms with Crippen molar-refractivity contribution in [3.05, 3.63) is 52.1 Å². The lowest BCUT2D eigenvalue weighted by Crippen LogP contribution is -2.32. The predicted molar refractivity (Wildman–Crippen MR) is 126 cm³/mol. The van der Waals surface area contributed by atoms with Gasteiger partial charge in [-0.2, -0.15) is 12.7 Å². The molecular formula is C24H32N2O5S. The molecule has 7 nitrogen and oxygen atoms in total. The summed E-state index contributed by atoms with van der Waals surface area (Å²) in [5.74, 6) is -1.12. The van der Waals surface area contributed by atoms with E-state index in [1.54, 1.807) is 27.7 Å². The number of anilines is 1. The fraction of sp³-hybridized carbons (Fsp3) is 0.458. The van der Waals surface area contributed by atoms with Gasteiger partial charge >= 0.3 is 16.2 Å². The fourth-order valence-electron chi connectivity index (χ4n) is 4.14. The number of benzene rings is 2. The van der Waals surface area contributed by atoms with Crippen molar-refractivity contribution in [2.45, 2.75) is 59.7 Å². The first-order valence-electron chi connectivity index (χ1n) is 10.6. The number of fused-ring (bicyclic) bond motifs is 1. The maximum Gasteiger partial charge on any atom is 0.337 e. The molecule has 2 aromatic rings. The standard InChI is InChI=1S/C24H32N2O5S/c1-14-8-10-17(11-9-14)19-15(2)18-12-13-26(7)32(29,30)25-21(18)16(3)20(19)22(23(27)28)31-24(4,5)6/h8-11,22,25H,12-13H2,1-7H3,(H,27,28). The molecule has 0 saturated heterocycles. The zero-order valence-corrected chi connectivity index (χ0v) is 20.6. The zero-order valence-electron chi connectivity index (χ0n) is 19.7. The number of likely N-dealkylation sites (N-methyl/N-ethyl adjacent to an activating group) is 1. The van der Waals surface area contributed by atoms with Crippen LogP contribution in [0, 0.1) is 20.8 Å². The highest BCUT2D eigenvalue weighted by Gasteiger charge is 2.35. The number of hydrogen-bond donors (Lipinski definition) is 2. The molecule has 2 N–H and O–H groups in total. The molecule has 32 heavy (non-hydrogen) atoms. The summed E-state index contributed by atoms with van der Waals surface area (Å²) in [6, 6.07) is 7.90. The van der Waals surface area contributed by atoms with Gasteiger partial charge in [0.25, 0.3) is 0 Å². The third-order valence-electron chi connectivity index (χ3n) is 5.79. The lowest BCUT2D eigenvalue weighted by atomic mass is 9.83. The van der Waals surface area contributed by atoms with Crippen molar-refractivity contribution in [3.63, 3.8) is 0 Å². The number of carboxylic acids is 1. The van der Waals surface area contributed by atoms with Crippen LogP contribution in [-0.4, -0.2) is 43.0 Å². The number of nitrogens with one attached hydrogen (secondary N) is 1. The molecule has 0 radical (unpaired) electrons. The molecule has 1 unspecified atom stereocenters. The van der Waals surface area contributed by atoms with Gasteiger partial charge in [0, 0.05) is 19.2 Å². The van der Waals surface area contributed by atoms with Crippen molar-refractivity contribution in [2.24, 2.45) is 0 Å². The van der Waals surface area contributed by atoms with E-state index in [-0.39, 0.29) is 0 Å². The SMILES string of the molecule is Cc1ccc(-c2c(C)c3c(c(C)c2C(OC(C)(C)C)C(=O)O)NS(=O)(=O)N(C)CC3)cc1. The van der Waals surface area contributed by atoms with E-state index in [4.69, 9.17) is 4.74 Å². The summed E-state index contributed by atoms with van der Waals surface area (Å²) in [4.78, 5) is 12.4. The molecule has 0 aromatic heterocycles. The first-order valence-corrected chi connectivity index (χ1v) is 12.0. The summed E-state index contributed by atoms with van der Waals surface area (Å²) < 4.78 is 35.4. The number of aryl methyl sites for hydroxylation is 1. The van der Waals surface area contributed by atoms with Crippen LogP contribution in [-0.2, 0) is 26.2 Å². The Bertz CT molecular complexity index is 1150. The van der Waals surface area contributed by atoms with E-state index < -0.39 is 27.9 Å². The van der Waals surface area contributed by atoms with Gasteiger partial charge in [0.05, 0.1) is 11.3 Å². The van der Waals surface area contributed by atoms with E-state index in [1.807, 2.05) is 38.1 Å². The van der Waals surface area contributed by atoms with Crippen LogP contribution < -0.4 is 4.72 Å². The molecule has 0 spiro atoms. The highest BCUT2D eigenvalue weighted by atomic mass is 32.2. The van der Waals surface area contributed by atoms with Gasteiger partial charge < -0.3 is 9.84 Å². The van der Waals surface area contributed by atoms with Crippen LogP contribution >= 0.6 is 0 Å². The van der Waals surface area contributed by atoms with Gasteiger partial charge in [-0.15, -0.1) is 0 Å². The molecule has 0 aliphatic carbocycles. The minimum absolute atomic E-state index is 0.330. The lowest BCUT2D eigenvalue weighted by molar-refractivity contribution is -0.160. The Hall–Kier alpha value is -2.42. The number of carbonyl (C=O) groups is 1. The van der Waals surface area contributed by atoms with E-state index in [9.17, 15) is 18.3 Å². The summed E-state index contributed by atoms with van der Waals surface area (Å²) in [5, 5.41) is 10.2. The maximum absolute atomic E-state index is 12.7. The number of aliphatic carboxylic acids is 1. The highest BCUT2D eigenvalue weighted by molar-refractivity contribution is 7.90. The van der Waals surface area contributed by atoms with Crippen LogP contribution in [0.25, 0.3) is 11.1 Å². The first kappa shape index (κ1) is 24.2. The van der Waals surface area contributed by atoms with Gasteiger partial charge in [-0.1, -0.05) is 29.8 Å². The number of carboxylic acid groups (broad SMARTS) is 1. The van der Waals surface area contributed by atoms with Gasteiger partial charge in [-0.3, -0.25) is 4.72 Å². The average Bonchev–Trinajstić information content (AvgIpc) is 2.79. The molecule has 8 heteroatoms. The second-order valence-corrected chi connectivity index (χ2v) is 11.2. The van der Waals surface area contributed by atoms with E-state index >= 15 is 0 Å². The number of nitrogens with zero attached hydrogens (tertiary/aromatic N) is 1. The number of rotatable bonds is 4. The third kappa shape index (κ3) is 4.67. The molecular weight excluding hydrogens is 428 g/mol. The average molecular weight is 461 g/mol. The van der Waals surface area contributed by atoms with Crippen LogP contribution in [0.15, 0.2) is 24.3 Å². The zero-order chi connectivity index (χ0) is 24.0. The molecule has 3 rings (SSSR count). The summed E-state index contributed by atoms with van der Waals surface area (Å²) in [7, 11) is -2.21. The Morgan fingerprint density at radius 3 is 2.25 bits per heavy atom. The Morgan fingerprint density at radius 2 is 1.72 bits per heavy atom. The Kier molecular flexibility index (Phi) is 6.43. The lowest BCUT2D eigenvalue weighted by Gasteiger charge is -2.30. The fourth-order valence-corrected chi connectivity index (χ4v) is 5.16. The van der Waals surface area contributed by atoms with Crippen molar-refractivity contribution in [1.29, 1.82) is 0 Å². The van der Waals surface area contributed by atoms with Crippen LogP contribution in [0.5, 0.6) is 0 Å². The van der Waals surface area contributed by atoms with E-state index in [2.05, 4.69) is 4.72 Å². The topological polar surface area (TPSA) is 95.9 Å². The third-order valence-corrected chi connectivity index (χ3v) is 7.26. The monoisotopic (exact) mass is 460 g/mol. The second-order valence-electron chi connectivity index (χ2n) is 9.39. The minimum Gasteiger partial charge on any atom is -0.479 e. The maximum atomic E-state index is 12.7. The summed E-state index contributed by atoms with van der Waals surface area (Å²) in [5.41, 5.74) is 5.23. The molecule has 1 aliphatic rings. The highest BCUT2D eigenvalue weighted by Crippen LogP contribution is 2.44. The summed E-state index contributed by atoms with van der Waals surface area (Å²) >= 11 is 0. The molecule has 1 heterocycles. The van der Waals surface area contributed by atoms with Gasteiger partial charge in [0.15, 0.2) is 6.10 Å². The normalized spacial score (nSPS) is 17.2. The van der Waals surface area contributed by atoms with Crippen molar-refractivity contribution in [1.82, 2.24) is 4.31 Å². The van der Waals surface area contributed by atoms with Crippen LogP contribution in [0.4, 0.5) is 5.69 Å². The van der Waals surface area contributed by atoms with Crippen LogP contribution in [0.3, 0.4) is 0 Å². The molecule has 0 fully saturated rings. The van der Waals surface area contributed by atoms with Gasteiger partial charge in [-0.05, 0) is 75.8 Å². The second kappa shape index (κ2) is 8.50. The van der Waals surface area contributed by atoms with Gasteiger partial charge in [0.2, 0.25) is 0 Å². The molecule has 0 amide bonds. The molecule has 1 atom stereocenters. The molecule has 1 aliphatic heterocycles. The van der Waals surface area contributed by atoms with Crippen molar-refractivity contribution in [2.75, 3.05) is 18.3 Å². The van der Waals surface area contributed by atoms with Crippen LogP contribution in [0.1, 0.15) is 54.7 Å². The quantitative estimate of drug-likeness (QED) is 0.707. The summed E-state index contributed by atoms with van der Waals surface area (Å²) in [6.07, 6.45) is -0.748. The Morgan fingerprint density at radius 1 is 1.12 bits per heavy atom.